The van der Waals surface area contributed by atoms with E-state index in [2.05, 4.69) is 5.32 Å². The third-order valence-corrected chi connectivity index (χ3v) is 3.24. The molecule has 0 spiro atoms. The lowest BCUT2D eigenvalue weighted by molar-refractivity contribution is -0.119. The number of rotatable bonds is 9. The Morgan fingerprint density at radius 3 is 2.76 bits per heavy atom. The van der Waals surface area contributed by atoms with Crippen molar-refractivity contribution in [2.24, 2.45) is 5.73 Å². The molecule has 0 radical (unpaired) electrons. The van der Waals surface area contributed by atoms with Crippen molar-refractivity contribution in [3.8, 4) is 11.5 Å². The Labute approximate surface area is 129 Å². The molecule has 7 heteroatoms. The Morgan fingerprint density at radius 2 is 2.24 bits per heavy atom. The van der Waals surface area contributed by atoms with Gasteiger partial charge in [0.05, 0.1) is 18.7 Å². The summed E-state index contributed by atoms with van der Waals surface area (Å²) in [5.41, 5.74) is 5.93. The van der Waals surface area contributed by atoms with Gasteiger partial charge in [0.2, 0.25) is 0 Å². The Hall–Kier alpha value is -1.50. The zero-order valence-electron chi connectivity index (χ0n) is 12.2. The summed E-state index contributed by atoms with van der Waals surface area (Å²) >= 11 is 6.15. The molecule has 4 N–H and O–H groups in total. The number of nitrogens with two attached hydrogens (primary N) is 1. The number of primary amides is 1. The summed E-state index contributed by atoms with van der Waals surface area (Å²) in [7, 11) is 1.49. The molecule has 118 valence electrons. The van der Waals surface area contributed by atoms with Gasteiger partial charge in [-0.3, -0.25) is 4.79 Å². The van der Waals surface area contributed by atoms with Crippen molar-refractivity contribution in [2.45, 2.75) is 25.9 Å². The minimum Gasteiger partial charge on any atom is -0.493 e. The van der Waals surface area contributed by atoms with Crippen molar-refractivity contribution >= 4 is 17.5 Å². The molecule has 0 aliphatic heterocycles. The third kappa shape index (κ3) is 5.41. The molecule has 1 unspecified atom stereocenters. The van der Waals surface area contributed by atoms with Crippen molar-refractivity contribution in [3.05, 3.63) is 22.7 Å². The lowest BCUT2D eigenvalue weighted by Crippen LogP contribution is -2.31. The highest BCUT2D eigenvalue weighted by molar-refractivity contribution is 6.32. The minimum absolute atomic E-state index is 0.0283. The average molecular weight is 317 g/mol. The van der Waals surface area contributed by atoms with Crippen molar-refractivity contribution in [2.75, 3.05) is 20.3 Å². The van der Waals surface area contributed by atoms with Gasteiger partial charge in [-0.05, 0) is 24.1 Å². The lowest BCUT2D eigenvalue weighted by atomic mass is 10.1. The highest BCUT2D eigenvalue weighted by Gasteiger charge is 2.13. The molecule has 0 aliphatic carbocycles. The van der Waals surface area contributed by atoms with Crippen LogP contribution in [0.2, 0.25) is 5.02 Å². The second kappa shape index (κ2) is 8.71. The first-order valence-corrected chi connectivity index (χ1v) is 7.01. The van der Waals surface area contributed by atoms with Crippen molar-refractivity contribution in [3.63, 3.8) is 0 Å². The molecular formula is C14H21ClN2O4. The SMILES string of the molecule is CCC(CO)NCc1cc(Cl)c(OCC(N)=O)c(OC)c1. The van der Waals surface area contributed by atoms with Gasteiger partial charge in [0.25, 0.3) is 5.91 Å². The molecule has 0 bridgehead atoms. The number of benzene rings is 1. The van der Waals surface area contributed by atoms with Gasteiger partial charge in [0, 0.05) is 12.6 Å². The zero-order chi connectivity index (χ0) is 15.8. The van der Waals surface area contributed by atoms with Crippen LogP contribution in [0.15, 0.2) is 12.1 Å². The predicted molar refractivity (Wildman–Crippen MR) is 80.7 cm³/mol. The van der Waals surface area contributed by atoms with Gasteiger partial charge in [0.1, 0.15) is 0 Å². The summed E-state index contributed by atoms with van der Waals surface area (Å²) in [5.74, 6) is 0.126. The first kappa shape index (κ1) is 17.6. The number of hydrogen-bond donors (Lipinski definition) is 3. The Morgan fingerprint density at radius 1 is 1.52 bits per heavy atom. The van der Waals surface area contributed by atoms with Crippen molar-refractivity contribution < 1.29 is 19.4 Å². The second-order valence-electron chi connectivity index (χ2n) is 4.53. The van der Waals surface area contributed by atoms with E-state index < -0.39 is 5.91 Å². The van der Waals surface area contributed by atoms with Crippen LogP contribution in [0, 0.1) is 0 Å². The van der Waals surface area contributed by atoms with Crippen LogP contribution in [0.1, 0.15) is 18.9 Å². The van der Waals surface area contributed by atoms with Crippen LogP contribution < -0.4 is 20.5 Å². The lowest BCUT2D eigenvalue weighted by Gasteiger charge is -2.16. The van der Waals surface area contributed by atoms with Crippen LogP contribution >= 0.6 is 11.6 Å². The smallest absolute Gasteiger partial charge is 0.255 e. The number of halogens is 1. The summed E-state index contributed by atoms with van der Waals surface area (Å²) in [4.78, 5) is 10.8. The number of methoxy groups -OCH3 is 1. The molecule has 1 aromatic rings. The number of carbonyl (C=O) groups excluding carboxylic acids is 1. The van der Waals surface area contributed by atoms with E-state index in [1.807, 2.05) is 6.92 Å². The predicted octanol–water partition coefficient (Wildman–Crippen LogP) is 1.07. The topological polar surface area (TPSA) is 93.8 Å². The molecule has 0 saturated heterocycles. The maximum Gasteiger partial charge on any atom is 0.255 e. The molecule has 21 heavy (non-hydrogen) atoms. The van der Waals surface area contributed by atoms with E-state index >= 15 is 0 Å². The quantitative estimate of drug-likeness (QED) is 0.633. The zero-order valence-corrected chi connectivity index (χ0v) is 12.9. The number of hydrogen-bond acceptors (Lipinski definition) is 5. The van der Waals surface area contributed by atoms with Gasteiger partial charge in [-0.1, -0.05) is 18.5 Å². The van der Waals surface area contributed by atoms with Gasteiger partial charge in [-0.25, -0.2) is 0 Å². The van der Waals surface area contributed by atoms with E-state index in [-0.39, 0.29) is 25.0 Å². The normalized spacial score (nSPS) is 12.0. The molecule has 1 aromatic carbocycles. The molecule has 1 atom stereocenters. The van der Waals surface area contributed by atoms with Crippen LogP contribution in [0.4, 0.5) is 0 Å². The van der Waals surface area contributed by atoms with Crippen molar-refractivity contribution in [1.82, 2.24) is 5.32 Å². The highest BCUT2D eigenvalue weighted by atomic mass is 35.5. The van der Waals surface area contributed by atoms with Gasteiger partial charge in [0.15, 0.2) is 18.1 Å². The van der Waals surface area contributed by atoms with E-state index in [1.165, 1.54) is 7.11 Å². The van der Waals surface area contributed by atoms with Crippen LogP contribution in [-0.4, -0.2) is 37.4 Å². The summed E-state index contributed by atoms with van der Waals surface area (Å²) in [6, 6.07) is 3.51. The molecule has 0 aromatic heterocycles. The molecule has 0 saturated carbocycles. The minimum atomic E-state index is -0.590. The summed E-state index contributed by atoms with van der Waals surface area (Å²) in [6.45, 7) is 2.32. The van der Waals surface area contributed by atoms with Crippen LogP contribution in [0.3, 0.4) is 0 Å². The second-order valence-corrected chi connectivity index (χ2v) is 4.94. The van der Waals surface area contributed by atoms with Gasteiger partial charge < -0.3 is 25.6 Å². The first-order valence-electron chi connectivity index (χ1n) is 6.63. The van der Waals surface area contributed by atoms with Gasteiger partial charge >= 0.3 is 0 Å². The van der Waals surface area contributed by atoms with Crippen LogP contribution in [0.25, 0.3) is 0 Å². The number of amides is 1. The van der Waals surface area contributed by atoms with Gasteiger partial charge in [-0.15, -0.1) is 0 Å². The number of aliphatic hydroxyl groups is 1. The van der Waals surface area contributed by atoms with Crippen LogP contribution in [-0.2, 0) is 11.3 Å². The maximum absolute atomic E-state index is 10.8. The fourth-order valence-corrected chi connectivity index (χ4v) is 2.05. The fourth-order valence-electron chi connectivity index (χ4n) is 1.76. The largest absolute Gasteiger partial charge is 0.493 e. The van der Waals surface area contributed by atoms with E-state index in [9.17, 15) is 4.79 Å². The maximum atomic E-state index is 10.8. The standard InChI is InChI=1S/C14H21ClN2O4/c1-3-10(7-18)17-6-9-4-11(15)14(12(5-9)20-2)21-8-13(16)19/h4-5,10,17-18H,3,6-8H2,1-2H3,(H2,16,19). The Bertz CT molecular complexity index is 478. The number of aliphatic hydroxyl groups excluding tert-OH is 1. The summed E-state index contributed by atoms with van der Waals surface area (Å²) in [6.07, 6.45) is 0.821. The summed E-state index contributed by atoms with van der Waals surface area (Å²) in [5, 5.41) is 12.7. The Kier molecular flexibility index (Phi) is 7.28. The molecule has 0 heterocycles. The van der Waals surface area contributed by atoms with Crippen LogP contribution in [0.5, 0.6) is 11.5 Å². The van der Waals surface area contributed by atoms with Gasteiger partial charge in [-0.2, -0.15) is 0 Å². The fraction of sp³-hybridized carbons (Fsp3) is 0.500. The monoisotopic (exact) mass is 316 g/mol. The van der Waals surface area contributed by atoms with E-state index in [1.54, 1.807) is 12.1 Å². The number of ether oxygens (including phenoxy) is 2. The van der Waals surface area contributed by atoms with E-state index in [0.29, 0.717) is 17.3 Å². The molecule has 6 nitrogen and oxygen atoms in total. The molecule has 1 amide bonds. The first-order chi connectivity index (χ1) is 10.0. The van der Waals surface area contributed by atoms with E-state index in [0.717, 1.165) is 12.0 Å². The summed E-state index contributed by atoms with van der Waals surface area (Å²) < 4.78 is 10.5. The van der Waals surface area contributed by atoms with Crippen molar-refractivity contribution in [1.29, 1.82) is 0 Å². The third-order valence-electron chi connectivity index (χ3n) is 2.96. The molecule has 0 aliphatic rings. The number of nitrogens with one attached hydrogen (secondary N) is 1. The molecule has 0 fully saturated rings. The number of carbonyl (C=O) groups is 1. The molecule has 1 rings (SSSR count). The Balaban J connectivity index is 2.84. The van der Waals surface area contributed by atoms with E-state index in [4.69, 9.17) is 31.9 Å². The average Bonchev–Trinajstić information content (AvgIpc) is 2.46. The highest BCUT2D eigenvalue weighted by Crippen LogP contribution is 2.36. The molecular weight excluding hydrogens is 296 g/mol.